The first-order chi connectivity index (χ1) is 26.8. The second-order valence-electron chi connectivity index (χ2n) is 13.8. The van der Waals surface area contributed by atoms with E-state index < -0.39 is 0 Å². The predicted molar refractivity (Wildman–Crippen MR) is 229 cm³/mol. The van der Waals surface area contributed by atoms with E-state index in [1.807, 2.05) is 0 Å². The van der Waals surface area contributed by atoms with Crippen molar-refractivity contribution < 1.29 is 0 Å². The van der Waals surface area contributed by atoms with E-state index in [0.717, 1.165) is 22.7 Å². The maximum atomic E-state index is 2.38. The Morgan fingerprint density at radius 2 is 0.741 bits per heavy atom. The number of rotatable bonds is 7. The van der Waals surface area contributed by atoms with Crippen LogP contribution in [0, 0.1) is 0 Å². The van der Waals surface area contributed by atoms with Crippen LogP contribution in [0.5, 0.6) is 0 Å². The van der Waals surface area contributed by atoms with Gasteiger partial charge in [-0.1, -0.05) is 152 Å². The summed E-state index contributed by atoms with van der Waals surface area (Å²) >= 11 is 0. The molecule has 0 unspecified atom stereocenters. The zero-order chi connectivity index (χ0) is 35.8. The van der Waals surface area contributed by atoms with Crippen LogP contribution in [0.2, 0.25) is 0 Å². The van der Waals surface area contributed by atoms with Crippen LogP contribution in [0.1, 0.15) is 0 Å². The highest BCUT2D eigenvalue weighted by atomic mass is 15.1. The van der Waals surface area contributed by atoms with Crippen molar-refractivity contribution in [2.75, 3.05) is 4.90 Å². The van der Waals surface area contributed by atoms with Crippen molar-refractivity contribution in [3.63, 3.8) is 0 Å². The average Bonchev–Trinajstić information content (AvgIpc) is 3.59. The molecule has 0 amide bonds. The summed E-state index contributed by atoms with van der Waals surface area (Å²) in [7, 11) is 0. The molecule has 10 aromatic rings. The van der Waals surface area contributed by atoms with Crippen LogP contribution in [0.3, 0.4) is 0 Å². The molecule has 254 valence electrons. The maximum absolute atomic E-state index is 2.38. The van der Waals surface area contributed by atoms with Gasteiger partial charge in [0.15, 0.2) is 0 Å². The van der Waals surface area contributed by atoms with Crippen molar-refractivity contribution in [3.05, 3.63) is 218 Å². The van der Waals surface area contributed by atoms with Crippen molar-refractivity contribution in [3.8, 4) is 39.1 Å². The van der Waals surface area contributed by atoms with Crippen molar-refractivity contribution >= 4 is 49.6 Å². The number of anilines is 3. The topological polar surface area (TPSA) is 8.17 Å². The van der Waals surface area contributed by atoms with E-state index in [1.54, 1.807) is 0 Å². The largest absolute Gasteiger partial charge is 0.310 e. The first-order valence-electron chi connectivity index (χ1n) is 18.5. The van der Waals surface area contributed by atoms with Gasteiger partial charge in [0.05, 0.1) is 11.0 Å². The van der Waals surface area contributed by atoms with E-state index in [1.165, 1.54) is 66.0 Å². The molecule has 0 bridgehead atoms. The van der Waals surface area contributed by atoms with Crippen molar-refractivity contribution in [1.82, 2.24) is 4.57 Å². The predicted octanol–water partition coefficient (Wildman–Crippen LogP) is 14.4. The zero-order valence-electron chi connectivity index (χ0n) is 29.7. The van der Waals surface area contributed by atoms with E-state index in [4.69, 9.17) is 0 Å². The van der Waals surface area contributed by atoms with Crippen LogP contribution >= 0.6 is 0 Å². The Labute approximate surface area is 315 Å². The molecule has 1 heterocycles. The first kappa shape index (κ1) is 31.6. The molecule has 2 nitrogen and oxygen atoms in total. The van der Waals surface area contributed by atoms with Gasteiger partial charge >= 0.3 is 0 Å². The van der Waals surface area contributed by atoms with Gasteiger partial charge in [-0.05, 0) is 111 Å². The third-order valence-electron chi connectivity index (χ3n) is 10.6. The number of aromatic nitrogens is 1. The summed E-state index contributed by atoms with van der Waals surface area (Å²) in [5, 5.41) is 4.99. The highest BCUT2D eigenvalue weighted by molar-refractivity contribution is 6.09. The molecule has 9 aromatic carbocycles. The summed E-state index contributed by atoms with van der Waals surface area (Å²) in [5.74, 6) is 0. The van der Waals surface area contributed by atoms with E-state index >= 15 is 0 Å². The van der Waals surface area contributed by atoms with Gasteiger partial charge in [-0.15, -0.1) is 0 Å². The molecule has 2 heteroatoms. The zero-order valence-corrected chi connectivity index (χ0v) is 29.7. The minimum atomic E-state index is 1.11. The Morgan fingerprint density at radius 1 is 0.278 bits per heavy atom. The smallest absolute Gasteiger partial charge is 0.0541 e. The van der Waals surface area contributed by atoms with Crippen molar-refractivity contribution in [1.29, 1.82) is 0 Å². The Bertz CT molecular complexity index is 2870. The SMILES string of the molecule is c1ccc(-c2ccc(N(c3ccc(-c4cccc(-c5cccc(-n6c7ccccc7c7ccccc76)c5)c4)cc3)c3ccc4ccccc4c3)cc2)cc1. The summed E-state index contributed by atoms with van der Waals surface area (Å²) < 4.78 is 2.38. The second-order valence-corrected chi connectivity index (χ2v) is 13.8. The summed E-state index contributed by atoms with van der Waals surface area (Å²) in [6.07, 6.45) is 0. The molecule has 1 aromatic heterocycles. The molecule has 0 spiro atoms. The number of hydrogen-bond donors (Lipinski definition) is 0. The highest BCUT2D eigenvalue weighted by Gasteiger charge is 2.15. The van der Waals surface area contributed by atoms with Gasteiger partial charge in [-0.3, -0.25) is 0 Å². The monoisotopic (exact) mass is 688 g/mol. The number of para-hydroxylation sites is 2. The van der Waals surface area contributed by atoms with Crippen LogP contribution in [0.25, 0.3) is 71.6 Å². The van der Waals surface area contributed by atoms with E-state index in [2.05, 4.69) is 228 Å². The fourth-order valence-electron chi connectivity index (χ4n) is 7.90. The van der Waals surface area contributed by atoms with Gasteiger partial charge in [0.1, 0.15) is 0 Å². The quantitative estimate of drug-likeness (QED) is 0.162. The Morgan fingerprint density at radius 3 is 1.41 bits per heavy atom. The lowest BCUT2D eigenvalue weighted by atomic mass is 9.98. The minimum absolute atomic E-state index is 1.11. The first-order valence-corrected chi connectivity index (χ1v) is 18.5. The molecule has 54 heavy (non-hydrogen) atoms. The summed E-state index contributed by atoms with van der Waals surface area (Å²) in [4.78, 5) is 2.35. The summed E-state index contributed by atoms with van der Waals surface area (Å²) in [6, 6.07) is 78.8. The van der Waals surface area contributed by atoms with Crippen molar-refractivity contribution in [2.24, 2.45) is 0 Å². The summed E-state index contributed by atoms with van der Waals surface area (Å²) in [5.41, 5.74) is 14.1. The fourth-order valence-corrected chi connectivity index (χ4v) is 7.90. The van der Waals surface area contributed by atoms with Gasteiger partial charge in [-0.25, -0.2) is 0 Å². The number of hydrogen-bond acceptors (Lipinski definition) is 1. The molecule has 0 aliphatic carbocycles. The Balaban J connectivity index is 1.00. The molecular formula is C52H36N2. The molecule has 0 radical (unpaired) electrons. The lowest BCUT2D eigenvalue weighted by Crippen LogP contribution is -2.09. The molecular weight excluding hydrogens is 653 g/mol. The summed E-state index contributed by atoms with van der Waals surface area (Å²) in [6.45, 7) is 0. The van der Waals surface area contributed by atoms with Crippen LogP contribution in [-0.4, -0.2) is 4.57 Å². The van der Waals surface area contributed by atoms with Crippen LogP contribution in [-0.2, 0) is 0 Å². The van der Waals surface area contributed by atoms with E-state index in [0.29, 0.717) is 0 Å². The third-order valence-corrected chi connectivity index (χ3v) is 10.6. The van der Waals surface area contributed by atoms with Crippen LogP contribution in [0.4, 0.5) is 17.1 Å². The molecule has 0 aliphatic heterocycles. The van der Waals surface area contributed by atoms with E-state index in [9.17, 15) is 0 Å². The van der Waals surface area contributed by atoms with Crippen LogP contribution < -0.4 is 4.90 Å². The molecule has 0 fully saturated rings. The maximum Gasteiger partial charge on any atom is 0.0541 e. The van der Waals surface area contributed by atoms with Gasteiger partial charge in [-0.2, -0.15) is 0 Å². The van der Waals surface area contributed by atoms with E-state index in [-0.39, 0.29) is 0 Å². The van der Waals surface area contributed by atoms with Crippen molar-refractivity contribution in [2.45, 2.75) is 0 Å². The Kier molecular flexibility index (Phi) is 7.85. The van der Waals surface area contributed by atoms with Gasteiger partial charge < -0.3 is 9.47 Å². The molecule has 10 rings (SSSR count). The molecule has 0 aliphatic rings. The normalized spacial score (nSPS) is 11.3. The van der Waals surface area contributed by atoms with Gasteiger partial charge in [0.2, 0.25) is 0 Å². The minimum Gasteiger partial charge on any atom is -0.310 e. The number of fused-ring (bicyclic) bond motifs is 4. The lowest BCUT2D eigenvalue weighted by Gasteiger charge is -2.26. The standard InChI is InChI=1S/C52H36N2/c1-2-12-37(13-3-1)39-24-29-45(30-25-39)53(48-33-28-38-14-4-5-15-43(38)35-48)46-31-26-40(27-32-46)41-16-10-17-42(34-41)44-18-11-19-47(36-44)54-51-22-8-6-20-49(51)50-21-7-9-23-52(50)54/h1-36H. The van der Waals surface area contributed by atoms with Gasteiger partial charge in [0, 0.05) is 33.5 Å². The second kappa shape index (κ2) is 13.4. The molecule has 0 N–H and O–H groups in total. The fraction of sp³-hybridized carbons (Fsp3) is 0. The molecule has 0 atom stereocenters. The highest BCUT2D eigenvalue weighted by Crippen LogP contribution is 2.39. The number of benzene rings is 9. The van der Waals surface area contributed by atoms with Gasteiger partial charge in [0.25, 0.3) is 0 Å². The Hall–Kier alpha value is -7.16. The molecule has 0 saturated carbocycles. The third kappa shape index (κ3) is 5.71. The molecule has 0 saturated heterocycles. The number of nitrogens with zero attached hydrogens (tertiary/aromatic N) is 2. The lowest BCUT2D eigenvalue weighted by molar-refractivity contribution is 1.18. The average molecular weight is 689 g/mol. The van der Waals surface area contributed by atoms with Crippen LogP contribution in [0.15, 0.2) is 218 Å².